The predicted molar refractivity (Wildman–Crippen MR) is 90.8 cm³/mol. The van der Waals surface area contributed by atoms with Crippen LogP contribution in [0.3, 0.4) is 0 Å². The van der Waals surface area contributed by atoms with Gasteiger partial charge in [0.05, 0.1) is 5.52 Å². The molecule has 0 aliphatic rings. The molecule has 0 aliphatic heterocycles. The van der Waals surface area contributed by atoms with E-state index in [2.05, 4.69) is 22.2 Å². The molecule has 2 heterocycles. The number of amides is 1. The molecule has 23 heavy (non-hydrogen) atoms. The zero-order valence-corrected chi connectivity index (χ0v) is 12.8. The summed E-state index contributed by atoms with van der Waals surface area (Å²) in [7, 11) is 0. The van der Waals surface area contributed by atoms with E-state index in [0.29, 0.717) is 11.4 Å². The SMILES string of the molecule is CCCc1cc(=O)[nH]c2cc(NC(=O)c3ccccn3)ccc12. The van der Waals surface area contributed by atoms with E-state index in [0.717, 1.165) is 29.3 Å². The summed E-state index contributed by atoms with van der Waals surface area (Å²) in [5.74, 6) is -0.281. The zero-order valence-electron chi connectivity index (χ0n) is 12.8. The third kappa shape index (κ3) is 3.29. The van der Waals surface area contributed by atoms with Crippen LogP contribution in [0.4, 0.5) is 5.69 Å². The molecule has 2 N–H and O–H groups in total. The summed E-state index contributed by atoms with van der Waals surface area (Å²) in [5.41, 5.74) is 2.58. The van der Waals surface area contributed by atoms with Gasteiger partial charge in [-0.05, 0) is 36.2 Å². The van der Waals surface area contributed by atoms with Crippen LogP contribution in [0.1, 0.15) is 29.4 Å². The van der Waals surface area contributed by atoms with Gasteiger partial charge in [-0.15, -0.1) is 0 Å². The molecule has 0 saturated carbocycles. The molecular formula is C18H17N3O2. The molecule has 0 saturated heterocycles. The molecule has 0 fully saturated rings. The Morgan fingerprint density at radius 1 is 1.22 bits per heavy atom. The number of pyridine rings is 2. The molecule has 3 aromatic rings. The number of benzene rings is 1. The summed E-state index contributed by atoms with van der Waals surface area (Å²) >= 11 is 0. The van der Waals surface area contributed by atoms with Crippen LogP contribution in [0.5, 0.6) is 0 Å². The quantitative estimate of drug-likeness (QED) is 0.777. The summed E-state index contributed by atoms with van der Waals surface area (Å²) in [6.07, 6.45) is 3.39. The maximum absolute atomic E-state index is 12.1. The minimum atomic E-state index is -0.281. The summed E-state index contributed by atoms with van der Waals surface area (Å²) in [5, 5.41) is 3.80. The van der Waals surface area contributed by atoms with Gasteiger partial charge in [0.25, 0.3) is 5.91 Å². The lowest BCUT2D eigenvalue weighted by Crippen LogP contribution is -2.13. The highest BCUT2D eigenvalue weighted by Gasteiger charge is 2.08. The van der Waals surface area contributed by atoms with E-state index < -0.39 is 0 Å². The number of H-pyrrole nitrogens is 1. The molecule has 1 aromatic carbocycles. The van der Waals surface area contributed by atoms with Crippen LogP contribution in [-0.4, -0.2) is 15.9 Å². The number of nitrogens with one attached hydrogen (secondary N) is 2. The topological polar surface area (TPSA) is 74.8 Å². The van der Waals surface area contributed by atoms with Crippen molar-refractivity contribution < 1.29 is 4.79 Å². The number of rotatable bonds is 4. The highest BCUT2D eigenvalue weighted by molar-refractivity contribution is 6.03. The molecule has 116 valence electrons. The lowest BCUT2D eigenvalue weighted by Gasteiger charge is -2.08. The van der Waals surface area contributed by atoms with Gasteiger partial charge in [0.2, 0.25) is 5.56 Å². The van der Waals surface area contributed by atoms with Gasteiger partial charge in [0.1, 0.15) is 5.69 Å². The van der Waals surface area contributed by atoms with Gasteiger partial charge in [-0.2, -0.15) is 0 Å². The number of aromatic nitrogens is 2. The normalized spacial score (nSPS) is 10.7. The van der Waals surface area contributed by atoms with Crippen molar-refractivity contribution in [3.05, 3.63) is 70.3 Å². The second-order valence-corrected chi connectivity index (χ2v) is 5.34. The fourth-order valence-corrected chi connectivity index (χ4v) is 2.58. The van der Waals surface area contributed by atoms with Crippen LogP contribution in [-0.2, 0) is 6.42 Å². The molecule has 0 bridgehead atoms. The molecule has 0 radical (unpaired) electrons. The zero-order chi connectivity index (χ0) is 16.2. The van der Waals surface area contributed by atoms with Crippen molar-refractivity contribution in [2.75, 3.05) is 5.32 Å². The Bertz CT molecular complexity index is 901. The summed E-state index contributed by atoms with van der Waals surface area (Å²) in [6.45, 7) is 2.08. The molecule has 3 rings (SSSR count). The van der Waals surface area contributed by atoms with E-state index in [1.54, 1.807) is 36.5 Å². The first kappa shape index (κ1) is 15.0. The van der Waals surface area contributed by atoms with Gasteiger partial charge >= 0.3 is 0 Å². The fourth-order valence-electron chi connectivity index (χ4n) is 2.58. The second-order valence-electron chi connectivity index (χ2n) is 5.34. The van der Waals surface area contributed by atoms with Crippen LogP contribution in [0, 0.1) is 0 Å². The molecule has 0 aliphatic carbocycles. The molecule has 1 amide bonds. The Balaban J connectivity index is 1.94. The fraction of sp³-hybridized carbons (Fsp3) is 0.167. The standard InChI is InChI=1S/C18H17N3O2/c1-2-5-12-10-17(22)21-16-11-13(7-8-14(12)16)20-18(23)15-6-3-4-9-19-15/h3-4,6-11H,2,5H2,1H3,(H,20,23)(H,21,22). The average molecular weight is 307 g/mol. The Kier molecular flexibility index (Phi) is 4.19. The number of nitrogens with zero attached hydrogens (tertiary/aromatic N) is 1. The Hall–Kier alpha value is -2.95. The molecule has 5 nitrogen and oxygen atoms in total. The van der Waals surface area contributed by atoms with Crippen molar-refractivity contribution in [1.29, 1.82) is 0 Å². The Morgan fingerprint density at radius 2 is 2.09 bits per heavy atom. The molecule has 2 aromatic heterocycles. The first-order valence-corrected chi connectivity index (χ1v) is 7.55. The van der Waals surface area contributed by atoms with Crippen LogP contribution in [0.15, 0.2) is 53.5 Å². The van der Waals surface area contributed by atoms with Crippen LogP contribution < -0.4 is 10.9 Å². The van der Waals surface area contributed by atoms with Crippen LogP contribution in [0.2, 0.25) is 0 Å². The van der Waals surface area contributed by atoms with E-state index in [9.17, 15) is 9.59 Å². The van der Waals surface area contributed by atoms with Gasteiger partial charge in [0, 0.05) is 23.3 Å². The van der Waals surface area contributed by atoms with Gasteiger partial charge in [-0.25, -0.2) is 0 Å². The van der Waals surface area contributed by atoms with Crippen LogP contribution >= 0.6 is 0 Å². The van der Waals surface area contributed by atoms with Crippen molar-refractivity contribution in [1.82, 2.24) is 9.97 Å². The first-order valence-electron chi connectivity index (χ1n) is 7.55. The van der Waals surface area contributed by atoms with Crippen molar-refractivity contribution in [3.8, 4) is 0 Å². The highest BCUT2D eigenvalue weighted by atomic mass is 16.2. The van der Waals surface area contributed by atoms with Crippen molar-refractivity contribution >= 4 is 22.5 Å². The second kappa shape index (κ2) is 6.44. The molecule has 5 heteroatoms. The number of hydrogen-bond acceptors (Lipinski definition) is 3. The predicted octanol–water partition coefficient (Wildman–Crippen LogP) is 3.13. The summed E-state index contributed by atoms with van der Waals surface area (Å²) in [4.78, 5) is 30.8. The van der Waals surface area contributed by atoms with E-state index in [4.69, 9.17) is 0 Å². The third-order valence-electron chi connectivity index (χ3n) is 3.60. The monoisotopic (exact) mass is 307 g/mol. The summed E-state index contributed by atoms with van der Waals surface area (Å²) < 4.78 is 0. The minimum Gasteiger partial charge on any atom is -0.322 e. The lowest BCUT2D eigenvalue weighted by molar-refractivity contribution is 0.102. The van der Waals surface area contributed by atoms with Crippen molar-refractivity contribution in [2.24, 2.45) is 0 Å². The van der Waals surface area contributed by atoms with E-state index in [1.807, 2.05) is 12.1 Å². The van der Waals surface area contributed by atoms with Crippen molar-refractivity contribution in [2.45, 2.75) is 19.8 Å². The van der Waals surface area contributed by atoms with E-state index in [-0.39, 0.29) is 11.5 Å². The maximum atomic E-state index is 12.1. The molecule has 0 unspecified atom stereocenters. The van der Waals surface area contributed by atoms with Gasteiger partial charge in [0.15, 0.2) is 0 Å². The van der Waals surface area contributed by atoms with E-state index in [1.165, 1.54) is 0 Å². The Morgan fingerprint density at radius 3 is 2.83 bits per heavy atom. The third-order valence-corrected chi connectivity index (χ3v) is 3.60. The number of carbonyl (C=O) groups is 1. The average Bonchev–Trinajstić information content (AvgIpc) is 2.55. The molecule has 0 atom stereocenters. The first-order chi connectivity index (χ1) is 11.2. The number of anilines is 1. The molecular weight excluding hydrogens is 290 g/mol. The number of aromatic amines is 1. The Labute approximate surface area is 133 Å². The maximum Gasteiger partial charge on any atom is 0.274 e. The number of carbonyl (C=O) groups excluding carboxylic acids is 1. The summed E-state index contributed by atoms with van der Waals surface area (Å²) in [6, 6.07) is 12.3. The van der Waals surface area contributed by atoms with Gasteiger partial charge < -0.3 is 10.3 Å². The lowest BCUT2D eigenvalue weighted by atomic mass is 10.0. The highest BCUT2D eigenvalue weighted by Crippen LogP contribution is 2.21. The smallest absolute Gasteiger partial charge is 0.274 e. The minimum absolute atomic E-state index is 0.130. The van der Waals surface area contributed by atoms with Crippen molar-refractivity contribution in [3.63, 3.8) is 0 Å². The van der Waals surface area contributed by atoms with Gasteiger partial charge in [-0.1, -0.05) is 25.5 Å². The largest absolute Gasteiger partial charge is 0.322 e. The number of fused-ring (bicyclic) bond motifs is 1. The van der Waals surface area contributed by atoms with Gasteiger partial charge in [-0.3, -0.25) is 14.6 Å². The molecule has 0 spiro atoms. The number of hydrogen-bond donors (Lipinski definition) is 2. The van der Waals surface area contributed by atoms with Crippen LogP contribution in [0.25, 0.3) is 10.9 Å². The van der Waals surface area contributed by atoms with E-state index >= 15 is 0 Å². The number of aryl methyl sites for hydroxylation is 1.